The van der Waals surface area contributed by atoms with Crippen molar-refractivity contribution in [3.63, 3.8) is 0 Å². The number of methoxy groups -OCH3 is 2. The second kappa shape index (κ2) is 8.29. The van der Waals surface area contributed by atoms with Crippen molar-refractivity contribution in [2.75, 3.05) is 20.8 Å². The lowest BCUT2D eigenvalue weighted by Gasteiger charge is -2.25. The molecule has 6 nitrogen and oxygen atoms in total. The minimum absolute atomic E-state index is 0.0416. The summed E-state index contributed by atoms with van der Waals surface area (Å²) in [5.74, 6) is -0.248. The fourth-order valence-electron chi connectivity index (χ4n) is 2.58. The van der Waals surface area contributed by atoms with Gasteiger partial charge in [0, 0.05) is 32.2 Å². The standard InChI is InChI=1S/C16H21ClN2O4/c1-22-15(23-2)9-18-16(21)13-7-8-14(20)19(13)10-11-5-3-4-6-12(11)17/h3-6,13,15H,7-10H2,1-2H3,(H,18,21)/t13-/m1/s1. The van der Waals surface area contributed by atoms with Gasteiger partial charge in [0.25, 0.3) is 0 Å². The molecule has 0 radical (unpaired) electrons. The molecule has 0 spiro atoms. The highest BCUT2D eigenvalue weighted by molar-refractivity contribution is 6.31. The predicted octanol–water partition coefficient (Wildman–Crippen LogP) is 1.57. The Bertz CT molecular complexity index is 563. The average molecular weight is 341 g/mol. The van der Waals surface area contributed by atoms with E-state index in [0.717, 1.165) is 5.56 Å². The summed E-state index contributed by atoms with van der Waals surface area (Å²) >= 11 is 6.15. The molecular formula is C16H21ClN2O4. The van der Waals surface area contributed by atoms with Gasteiger partial charge in [-0.2, -0.15) is 0 Å². The summed E-state index contributed by atoms with van der Waals surface area (Å²) in [6.45, 7) is 0.561. The van der Waals surface area contributed by atoms with Crippen LogP contribution < -0.4 is 5.32 Å². The van der Waals surface area contributed by atoms with Gasteiger partial charge in [0.15, 0.2) is 6.29 Å². The minimum atomic E-state index is -0.506. The number of rotatable bonds is 7. The fourth-order valence-corrected chi connectivity index (χ4v) is 2.77. The van der Waals surface area contributed by atoms with Crippen molar-refractivity contribution in [2.24, 2.45) is 0 Å². The van der Waals surface area contributed by atoms with E-state index in [1.807, 2.05) is 18.2 Å². The zero-order valence-electron chi connectivity index (χ0n) is 13.3. The number of carbonyl (C=O) groups is 2. The first-order valence-corrected chi connectivity index (χ1v) is 7.80. The molecule has 0 aliphatic carbocycles. The smallest absolute Gasteiger partial charge is 0.243 e. The Balaban J connectivity index is 2.01. The number of amides is 2. The summed E-state index contributed by atoms with van der Waals surface area (Å²) in [6.07, 6.45) is 0.355. The van der Waals surface area contributed by atoms with E-state index in [-0.39, 0.29) is 18.4 Å². The molecule has 7 heteroatoms. The van der Waals surface area contributed by atoms with E-state index in [1.165, 1.54) is 14.2 Å². The van der Waals surface area contributed by atoms with Crippen LogP contribution in [0.25, 0.3) is 0 Å². The number of nitrogens with zero attached hydrogens (tertiary/aromatic N) is 1. The number of carbonyl (C=O) groups excluding carboxylic acids is 2. The maximum absolute atomic E-state index is 12.4. The molecule has 0 saturated carbocycles. The van der Waals surface area contributed by atoms with Gasteiger partial charge in [0.1, 0.15) is 6.04 Å². The van der Waals surface area contributed by atoms with Crippen molar-refractivity contribution in [2.45, 2.75) is 31.7 Å². The first-order chi connectivity index (χ1) is 11.1. The number of hydrogen-bond acceptors (Lipinski definition) is 4. The van der Waals surface area contributed by atoms with E-state index < -0.39 is 12.3 Å². The van der Waals surface area contributed by atoms with Crippen LogP contribution in [0.15, 0.2) is 24.3 Å². The van der Waals surface area contributed by atoms with E-state index in [1.54, 1.807) is 11.0 Å². The minimum Gasteiger partial charge on any atom is -0.354 e. The summed E-state index contributed by atoms with van der Waals surface area (Å²) < 4.78 is 10.1. The molecule has 0 unspecified atom stereocenters. The molecule has 2 amide bonds. The van der Waals surface area contributed by atoms with Gasteiger partial charge in [-0.1, -0.05) is 29.8 Å². The Morgan fingerprint density at radius 3 is 2.74 bits per heavy atom. The van der Waals surface area contributed by atoms with Crippen LogP contribution >= 0.6 is 11.6 Å². The van der Waals surface area contributed by atoms with Gasteiger partial charge in [0.05, 0.1) is 6.54 Å². The molecule has 1 aromatic carbocycles. The molecule has 1 aliphatic heterocycles. The number of likely N-dealkylation sites (tertiary alicyclic amines) is 1. The summed E-state index contributed by atoms with van der Waals surface area (Å²) in [5, 5.41) is 3.35. The van der Waals surface area contributed by atoms with Crippen molar-refractivity contribution >= 4 is 23.4 Å². The van der Waals surface area contributed by atoms with Gasteiger partial charge >= 0.3 is 0 Å². The van der Waals surface area contributed by atoms with E-state index in [2.05, 4.69) is 5.32 Å². The van der Waals surface area contributed by atoms with Crippen LogP contribution in [0.3, 0.4) is 0 Å². The zero-order chi connectivity index (χ0) is 16.8. The average Bonchev–Trinajstić information content (AvgIpc) is 2.91. The molecule has 1 saturated heterocycles. The third kappa shape index (κ3) is 4.43. The number of benzene rings is 1. The highest BCUT2D eigenvalue weighted by atomic mass is 35.5. The van der Waals surface area contributed by atoms with Gasteiger partial charge in [-0.05, 0) is 18.1 Å². The Kier molecular flexibility index (Phi) is 6.38. The molecule has 0 bridgehead atoms. The number of ether oxygens (including phenoxy) is 2. The lowest BCUT2D eigenvalue weighted by molar-refractivity contribution is -0.138. The van der Waals surface area contributed by atoms with Crippen LogP contribution in [-0.2, 0) is 25.6 Å². The van der Waals surface area contributed by atoms with Gasteiger partial charge in [-0.3, -0.25) is 9.59 Å². The van der Waals surface area contributed by atoms with Gasteiger partial charge in [-0.15, -0.1) is 0 Å². The maximum atomic E-state index is 12.4. The monoisotopic (exact) mass is 340 g/mol. The molecule has 126 valence electrons. The first kappa shape index (κ1) is 17.7. The van der Waals surface area contributed by atoms with Crippen molar-refractivity contribution in [1.82, 2.24) is 10.2 Å². The lowest BCUT2D eigenvalue weighted by atomic mass is 10.1. The highest BCUT2D eigenvalue weighted by Crippen LogP contribution is 2.24. The number of nitrogens with one attached hydrogen (secondary N) is 1. The summed E-state index contributed by atoms with van der Waals surface area (Å²) in [7, 11) is 3.01. The molecule has 2 rings (SSSR count). The molecule has 0 aromatic heterocycles. The quantitative estimate of drug-likeness (QED) is 0.765. The Labute approximate surface area is 140 Å². The molecule has 1 atom stereocenters. The molecule has 1 aromatic rings. The van der Waals surface area contributed by atoms with Gasteiger partial charge < -0.3 is 19.7 Å². The van der Waals surface area contributed by atoms with Gasteiger partial charge in [0.2, 0.25) is 11.8 Å². The molecule has 1 heterocycles. The van der Waals surface area contributed by atoms with E-state index in [0.29, 0.717) is 24.4 Å². The second-order valence-electron chi connectivity index (χ2n) is 5.31. The van der Waals surface area contributed by atoms with Gasteiger partial charge in [-0.25, -0.2) is 0 Å². The number of halogens is 1. The lowest BCUT2D eigenvalue weighted by Crippen LogP contribution is -2.46. The highest BCUT2D eigenvalue weighted by Gasteiger charge is 2.36. The normalized spacial score (nSPS) is 17.8. The van der Waals surface area contributed by atoms with Crippen molar-refractivity contribution in [3.8, 4) is 0 Å². The zero-order valence-corrected chi connectivity index (χ0v) is 14.0. The Hall–Kier alpha value is -1.63. The van der Waals surface area contributed by atoms with Crippen molar-refractivity contribution in [3.05, 3.63) is 34.9 Å². The summed E-state index contributed by atoms with van der Waals surface area (Å²) in [6, 6.07) is 6.83. The van der Waals surface area contributed by atoms with Crippen LogP contribution in [-0.4, -0.2) is 49.8 Å². The van der Waals surface area contributed by atoms with E-state index >= 15 is 0 Å². The van der Waals surface area contributed by atoms with Crippen molar-refractivity contribution in [1.29, 1.82) is 0 Å². The summed E-state index contributed by atoms with van der Waals surface area (Å²) in [5.41, 5.74) is 0.828. The van der Waals surface area contributed by atoms with Crippen molar-refractivity contribution < 1.29 is 19.1 Å². The fraction of sp³-hybridized carbons (Fsp3) is 0.500. The second-order valence-corrected chi connectivity index (χ2v) is 5.72. The third-order valence-corrected chi connectivity index (χ3v) is 4.27. The van der Waals surface area contributed by atoms with Crippen LogP contribution in [0.5, 0.6) is 0 Å². The molecule has 1 fully saturated rings. The largest absolute Gasteiger partial charge is 0.354 e. The van der Waals surface area contributed by atoms with Crippen LogP contribution in [0.2, 0.25) is 5.02 Å². The molecule has 1 N–H and O–H groups in total. The predicted molar refractivity (Wildman–Crippen MR) is 85.8 cm³/mol. The summed E-state index contributed by atoms with van der Waals surface area (Å²) in [4.78, 5) is 26.0. The Morgan fingerprint density at radius 1 is 1.39 bits per heavy atom. The van der Waals surface area contributed by atoms with E-state index in [4.69, 9.17) is 21.1 Å². The van der Waals surface area contributed by atoms with Crippen LogP contribution in [0.1, 0.15) is 18.4 Å². The topological polar surface area (TPSA) is 67.9 Å². The molecular weight excluding hydrogens is 320 g/mol. The maximum Gasteiger partial charge on any atom is 0.243 e. The SMILES string of the molecule is COC(CNC(=O)[C@H]1CCC(=O)N1Cc1ccccc1Cl)OC. The Morgan fingerprint density at radius 2 is 2.09 bits per heavy atom. The third-order valence-electron chi connectivity index (χ3n) is 3.90. The van der Waals surface area contributed by atoms with Crippen LogP contribution in [0.4, 0.5) is 0 Å². The first-order valence-electron chi connectivity index (χ1n) is 7.43. The molecule has 1 aliphatic rings. The van der Waals surface area contributed by atoms with E-state index in [9.17, 15) is 9.59 Å². The molecule has 23 heavy (non-hydrogen) atoms. The number of hydrogen-bond donors (Lipinski definition) is 1. The van der Waals surface area contributed by atoms with Crippen LogP contribution in [0, 0.1) is 0 Å².